The number of aliphatic hydroxyl groups excluding tert-OH is 1. The van der Waals surface area contributed by atoms with Crippen molar-refractivity contribution in [2.24, 2.45) is 0 Å². The molecular weight excluding hydrogens is 192 g/mol. The fourth-order valence-corrected chi connectivity index (χ4v) is 2.45. The van der Waals surface area contributed by atoms with E-state index in [9.17, 15) is 5.11 Å². The predicted molar refractivity (Wildman–Crippen MR) is 58.9 cm³/mol. The van der Waals surface area contributed by atoms with E-state index in [0.717, 1.165) is 32.7 Å². The summed E-state index contributed by atoms with van der Waals surface area (Å²) in [6, 6.07) is 0.952. The summed E-state index contributed by atoms with van der Waals surface area (Å²) in [5.41, 5.74) is 0. The number of aliphatic hydroxyl groups is 1. The van der Waals surface area contributed by atoms with Gasteiger partial charge in [-0.3, -0.25) is 4.90 Å². The van der Waals surface area contributed by atoms with E-state index in [1.807, 2.05) is 0 Å². The number of rotatable bonds is 2. The van der Waals surface area contributed by atoms with Crippen LogP contribution in [0, 0.1) is 0 Å². The number of nitrogens with zero attached hydrogens (tertiary/aromatic N) is 1. The van der Waals surface area contributed by atoms with Gasteiger partial charge in [0.2, 0.25) is 0 Å². The third kappa shape index (κ3) is 2.91. The maximum atomic E-state index is 9.44. The van der Waals surface area contributed by atoms with Crippen LogP contribution in [0.5, 0.6) is 0 Å². The summed E-state index contributed by atoms with van der Waals surface area (Å²) in [5, 5.41) is 12.8. The average Bonchev–Trinajstić information content (AvgIpc) is 2.58. The molecule has 0 aliphatic carbocycles. The lowest BCUT2D eigenvalue weighted by Crippen LogP contribution is -2.51. The zero-order chi connectivity index (χ0) is 10.8. The van der Waals surface area contributed by atoms with E-state index < -0.39 is 0 Å². The van der Waals surface area contributed by atoms with Gasteiger partial charge in [0, 0.05) is 31.7 Å². The topological polar surface area (TPSA) is 44.7 Å². The first-order valence-corrected chi connectivity index (χ1v) is 5.92. The molecule has 2 rings (SSSR count). The van der Waals surface area contributed by atoms with Crippen molar-refractivity contribution in [1.82, 2.24) is 10.2 Å². The highest BCUT2D eigenvalue weighted by Crippen LogP contribution is 2.15. The third-order valence-corrected chi connectivity index (χ3v) is 3.39. The van der Waals surface area contributed by atoms with E-state index in [4.69, 9.17) is 4.74 Å². The van der Waals surface area contributed by atoms with E-state index in [0.29, 0.717) is 18.2 Å². The van der Waals surface area contributed by atoms with Crippen molar-refractivity contribution in [2.75, 3.05) is 26.2 Å². The van der Waals surface area contributed by atoms with Gasteiger partial charge in [-0.05, 0) is 20.3 Å². The normalized spacial score (nSPS) is 43.4. The Morgan fingerprint density at radius 3 is 2.93 bits per heavy atom. The second kappa shape index (κ2) is 4.78. The lowest BCUT2D eigenvalue weighted by Gasteiger charge is -2.38. The quantitative estimate of drug-likeness (QED) is 0.669. The van der Waals surface area contributed by atoms with Crippen molar-refractivity contribution in [3.8, 4) is 0 Å². The van der Waals surface area contributed by atoms with Gasteiger partial charge in [0.1, 0.15) is 0 Å². The van der Waals surface area contributed by atoms with Crippen molar-refractivity contribution >= 4 is 0 Å². The summed E-state index contributed by atoms with van der Waals surface area (Å²) in [6.07, 6.45) is 1.08. The Kier molecular flexibility index (Phi) is 3.61. The molecule has 2 aliphatic rings. The molecule has 0 radical (unpaired) electrons. The lowest BCUT2D eigenvalue weighted by molar-refractivity contribution is -0.0516. The maximum Gasteiger partial charge on any atom is 0.0680 e. The molecule has 0 aromatic rings. The highest BCUT2D eigenvalue weighted by Gasteiger charge is 2.29. The Balaban J connectivity index is 1.82. The second-order valence-electron chi connectivity index (χ2n) is 4.94. The third-order valence-electron chi connectivity index (χ3n) is 3.39. The summed E-state index contributed by atoms with van der Waals surface area (Å²) in [7, 11) is 0. The Bertz CT molecular complexity index is 213. The van der Waals surface area contributed by atoms with Gasteiger partial charge in [-0.2, -0.15) is 0 Å². The fourth-order valence-electron chi connectivity index (χ4n) is 2.45. The van der Waals surface area contributed by atoms with Crippen LogP contribution in [0.15, 0.2) is 0 Å². The molecule has 15 heavy (non-hydrogen) atoms. The average molecular weight is 214 g/mol. The SMILES string of the molecule is CC1CN(CC2CC(O)CN2)C(C)CO1. The first kappa shape index (κ1) is 11.3. The van der Waals surface area contributed by atoms with Crippen molar-refractivity contribution in [1.29, 1.82) is 0 Å². The molecule has 2 heterocycles. The van der Waals surface area contributed by atoms with Crippen molar-refractivity contribution in [3.63, 3.8) is 0 Å². The minimum Gasteiger partial charge on any atom is -0.392 e. The molecule has 2 N–H and O–H groups in total. The van der Waals surface area contributed by atoms with E-state index in [1.54, 1.807) is 0 Å². The number of morpholine rings is 1. The number of hydrogen-bond donors (Lipinski definition) is 2. The van der Waals surface area contributed by atoms with Crippen LogP contribution in [-0.4, -0.2) is 60.5 Å². The van der Waals surface area contributed by atoms with Crippen LogP contribution >= 0.6 is 0 Å². The zero-order valence-electron chi connectivity index (χ0n) is 9.65. The predicted octanol–water partition coefficient (Wildman–Crippen LogP) is -0.182. The van der Waals surface area contributed by atoms with Gasteiger partial charge in [0.05, 0.1) is 18.8 Å². The molecule has 4 unspecified atom stereocenters. The molecule has 4 heteroatoms. The Morgan fingerprint density at radius 2 is 2.27 bits per heavy atom. The van der Waals surface area contributed by atoms with Crippen LogP contribution in [0.25, 0.3) is 0 Å². The van der Waals surface area contributed by atoms with Crippen LogP contribution in [0.3, 0.4) is 0 Å². The van der Waals surface area contributed by atoms with Crippen LogP contribution in [0.1, 0.15) is 20.3 Å². The molecular formula is C11H22N2O2. The van der Waals surface area contributed by atoms with Gasteiger partial charge >= 0.3 is 0 Å². The minimum atomic E-state index is -0.149. The van der Waals surface area contributed by atoms with E-state index in [1.165, 1.54) is 0 Å². The molecule has 88 valence electrons. The van der Waals surface area contributed by atoms with E-state index in [2.05, 4.69) is 24.1 Å². The van der Waals surface area contributed by atoms with Crippen LogP contribution in [-0.2, 0) is 4.74 Å². The molecule has 0 saturated carbocycles. The van der Waals surface area contributed by atoms with Gasteiger partial charge in [0.15, 0.2) is 0 Å². The minimum absolute atomic E-state index is 0.149. The second-order valence-corrected chi connectivity index (χ2v) is 4.94. The van der Waals surface area contributed by atoms with E-state index >= 15 is 0 Å². The summed E-state index contributed by atoms with van der Waals surface area (Å²) in [5.74, 6) is 0. The van der Waals surface area contributed by atoms with Gasteiger partial charge in [-0.1, -0.05) is 0 Å². The Morgan fingerprint density at radius 1 is 1.47 bits per heavy atom. The number of nitrogens with one attached hydrogen (secondary N) is 1. The largest absolute Gasteiger partial charge is 0.392 e. The van der Waals surface area contributed by atoms with Crippen LogP contribution in [0.2, 0.25) is 0 Å². The summed E-state index contributed by atoms with van der Waals surface area (Å²) in [6.45, 7) is 7.95. The van der Waals surface area contributed by atoms with Crippen molar-refractivity contribution in [3.05, 3.63) is 0 Å². The van der Waals surface area contributed by atoms with E-state index in [-0.39, 0.29) is 6.10 Å². The van der Waals surface area contributed by atoms with Crippen LogP contribution < -0.4 is 5.32 Å². The zero-order valence-corrected chi connectivity index (χ0v) is 9.65. The molecule has 0 aromatic heterocycles. The van der Waals surface area contributed by atoms with Crippen LogP contribution in [0.4, 0.5) is 0 Å². The summed E-state index contributed by atoms with van der Waals surface area (Å²) in [4.78, 5) is 2.46. The molecule has 2 aliphatic heterocycles. The first-order valence-electron chi connectivity index (χ1n) is 5.92. The molecule has 2 fully saturated rings. The van der Waals surface area contributed by atoms with Gasteiger partial charge in [-0.15, -0.1) is 0 Å². The number of β-amino-alcohol motifs (C(OH)–C–C–N with tert-alkyl or cyclic N) is 1. The maximum absolute atomic E-state index is 9.44. The van der Waals surface area contributed by atoms with Gasteiger partial charge in [0.25, 0.3) is 0 Å². The molecule has 0 spiro atoms. The molecule has 2 saturated heterocycles. The van der Waals surface area contributed by atoms with Gasteiger partial charge < -0.3 is 15.2 Å². The monoisotopic (exact) mass is 214 g/mol. The van der Waals surface area contributed by atoms with Gasteiger partial charge in [-0.25, -0.2) is 0 Å². The Labute approximate surface area is 91.6 Å². The lowest BCUT2D eigenvalue weighted by atomic mass is 10.1. The fraction of sp³-hybridized carbons (Fsp3) is 1.00. The first-order chi connectivity index (χ1) is 7.15. The Hall–Kier alpha value is -0.160. The molecule has 0 bridgehead atoms. The standard InChI is InChI=1S/C11H22N2O2/c1-8-7-15-9(2)5-13(8)6-10-3-11(14)4-12-10/h8-12,14H,3-7H2,1-2H3. The molecule has 4 atom stereocenters. The van der Waals surface area contributed by atoms with Crippen molar-refractivity contribution in [2.45, 2.75) is 44.6 Å². The molecule has 0 aromatic carbocycles. The number of ether oxygens (including phenoxy) is 1. The van der Waals surface area contributed by atoms with Crippen molar-refractivity contribution < 1.29 is 9.84 Å². The number of hydrogen-bond acceptors (Lipinski definition) is 4. The molecule has 0 amide bonds. The highest BCUT2D eigenvalue weighted by molar-refractivity contribution is 4.86. The molecule has 4 nitrogen and oxygen atoms in total. The smallest absolute Gasteiger partial charge is 0.0680 e. The highest BCUT2D eigenvalue weighted by atomic mass is 16.5. The summed E-state index contributed by atoms with van der Waals surface area (Å²) >= 11 is 0. The summed E-state index contributed by atoms with van der Waals surface area (Å²) < 4.78 is 5.59.